The van der Waals surface area contributed by atoms with Gasteiger partial charge in [-0.25, -0.2) is 0 Å². The number of phenols is 1. The molecule has 12 nitrogen and oxygen atoms in total. The normalized spacial score (nSPS) is 15.1. The van der Waals surface area contributed by atoms with Gasteiger partial charge in [0.1, 0.15) is 11.6 Å². The van der Waals surface area contributed by atoms with Gasteiger partial charge in [-0.3, -0.25) is 20.0 Å². The monoisotopic (exact) mass is 401 g/mol. The van der Waals surface area contributed by atoms with E-state index >= 15 is 0 Å². The molecule has 0 fully saturated rings. The quantitative estimate of drug-likeness (QED) is 0.370. The van der Waals surface area contributed by atoms with E-state index in [1.54, 1.807) is 0 Å². The van der Waals surface area contributed by atoms with Gasteiger partial charge in [0, 0.05) is 6.07 Å². The van der Waals surface area contributed by atoms with Crippen LogP contribution in [0, 0.1) is 21.4 Å². The Balaban J connectivity index is 2.26. The van der Waals surface area contributed by atoms with Crippen LogP contribution in [0.3, 0.4) is 0 Å². The van der Waals surface area contributed by atoms with Gasteiger partial charge in [-0.1, -0.05) is 0 Å². The second kappa shape index (κ2) is 7.39. The maximum absolute atomic E-state index is 11.7. The first-order valence-corrected chi connectivity index (χ1v) is 8.09. The molecule has 29 heavy (non-hydrogen) atoms. The molecule has 0 spiro atoms. The number of hydrogen-bond acceptors (Lipinski definition) is 10. The third kappa shape index (κ3) is 3.25. The lowest BCUT2D eigenvalue weighted by Crippen LogP contribution is -2.22. The van der Waals surface area contributed by atoms with Crippen molar-refractivity contribution in [2.75, 3.05) is 14.2 Å². The fourth-order valence-electron chi connectivity index (χ4n) is 3.12. The summed E-state index contributed by atoms with van der Waals surface area (Å²) in [5, 5.41) is 37.9. The summed E-state index contributed by atoms with van der Waals surface area (Å²) in [5.41, 5.74) is 5.96. The number of esters is 1. The van der Waals surface area contributed by atoms with Crippen LogP contribution in [0.2, 0.25) is 0 Å². The van der Waals surface area contributed by atoms with Crippen LogP contribution in [0.15, 0.2) is 23.6 Å². The predicted molar refractivity (Wildman–Crippen MR) is 94.9 cm³/mol. The fourth-order valence-corrected chi connectivity index (χ4v) is 3.12. The van der Waals surface area contributed by atoms with E-state index in [-0.39, 0.29) is 46.3 Å². The molecule has 12 heteroatoms. The maximum atomic E-state index is 11.7. The Morgan fingerprint density at radius 2 is 2.24 bits per heavy atom. The van der Waals surface area contributed by atoms with Crippen molar-refractivity contribution >= 4 is 11.7 Å². The summed E-state index contributed by atoms with van der Waals surface area (Å²) in [7, 11) is 2.39. The SMILES string of the molecule is COC(=O)Cc1[nH]nc2c1C(c1cc(O)c(OC)c([N+](=O)[O-])c1)C(C#N)=C(N)O2. The lowest BCUT2D eigenvalue weighted by Gasteiger charge is -2.24. The van der Waals surface area contributed by atoms with Gasteiger partial charge in [-0.05, 0) is 11.6 Å². The van der Waals surface area contributed by atoms with E-state index in [0.29, 0.717) is 0 Å². The molecular weight excluding hydrogens is 386 g/mol. The summed E-state index contributed by atoms with van der Waals surface area (Å²) in [6.07, 6.45) is -0.221. The van der Waals surface area contributed by atoms with Gasteiger partial charge < -0.3 is 25.1 Å². The summed E-state index contributed by atoms with van der Waals surface area (Å²) in [6.45, 7) is 0. The Morgan fingerprint density at radius 1 is 1.52 bits per heavy atom. The van der Waals surface area contributed by atoms with Crippen molar-refractivity contribution in [3.8, 4) is 23.4 Å². The maximum Gasteiger partial charge on any atom is 0.315 e. The zero-order valence-corrected chi connectivity index (χ0v) is 15.3. The van der Waals surface area contributed by atoms with Crippen molar-refractivity contribution in [1.82, 2.24) is 10.2 Å². The molecule has 150 valence electrons. The molecule has 0 aliphatic carbocycles. The zero-order valence-electron chi connectivity index (χ0n) is 15.3. The second-order valence-corrected chi connectivity index (χ2v) is 5.95. The third-order valence-corrected chi connectivity index (χ3v) is 4.37. The first-order valence-electron chi connectivity index (χ1n) is 8.09. The van der Waals surface area contributed by atoms with Gasteiger partial charge in [-0.15, -0.1) is 5.10 Å². The van der Waals surface area contributed by atoms with Gasteiger partial charge in [0.2, 0.25) is 17.5 Å². The summed E-state index contributed by atoms with van der Waals surface area (Å²) in [5.74, 6) is -2.65. The number of H-pyrrole nitrogens is 1. The van der Waals surface area contributed by atoms with Crippen LogP contribution < -0.4 is 15.2 Å². The lowest BCUT2D eigenvalue weighted by molar-refractivity contribution is -0.385. The Labute approximate surface area is 163 Å². The molecule has 3 rings (SSSR count). The fraction of sp³-hybridized carbons (Fsp3) is 0.235. The number of carbonyl (C=O) groups excluding carboxylic acids is 1. The molecule has 0 saturated carbocycles. The molecule has 1 aliphatic rings. The number of nitro benzene ring substituents is 1. The first-order chi connectivity index (χ1) is 13.8. The number of phenolic OH excluding ortho intramolecular Hbond substituents is 1. The number of methoxy groups -OCH3 is 2. The summed E-state index contributed by atoms with van der Waals surface area (Å²) in [6, 6.07) is 4.28. The van der Waals surface area contributed by atoms with Crippen LogP contribution >= 0.6 is 0 Å². The minimum Gasteiger partial charge on any atom is -0.504 e. The molecule has 1 unspecified atom stereocenters. The minimum atomic E-state index is -0.988. The molecule has 1 aromatic carbocycles. The van der Waals surface area contributed by atoms with Crippen LogP contribution in [0.25, 0.3) is 0 Å². The highest BCUT2D eigenvalue weighted by Gasteiger charge is 2.37. The highest BCUT2D eigenvalue weighted by Crippen LogP contribution is 2.47. The number of nitrogens with two attached hydrogens (primary N) is 1. The van der Waals surface area contributed by atoms with E-state index in [9.17, 15) is 25.3 Å². The molecule has 0 saturated heterocycles. The van der Waals surface area contributed by atoms with Gasteiger partial charge >= 0.3 is 11.7 Å². The molecule has 0 bridgehead atoms. The predicted octanol–water partition coefficient (Wildman–Crippen LogP) is 0.966. The largest absolute Gasteiger partial charge is 0.504 e. The number of carbonyl (C=O) groups is 1. The standard InChI is InChI=1S/C17H15N5O7/c1-27-12(24)5-9-14-13(8(6-18)16(19)29-17(14)21-20-9)7-3-10(22(25)26)15(28-2)11(23)4-7/h3-4,13,23H,5,19H2,1-2H3,(H,20,21). The number of nitro groups is 1. The number of aromatic amines is 1. The molecule has 0 amide bonds. The van der Waals surface area contributed by atoms with Gasteiger partial charge in [0.25, 0.3) is 0 Å². The Hall–Kier alpha value is -4.27. The topological polar surface area (TPSA) is 187 Å². The van der Waals surface area contributed by atoms with Crippen LogP contribution in [0.4, 0.5) is 5.69 Å². The Bertz CT molecular complexity index is 1080. The van der Waals surface area contributed by atoms with Crippen molar-refractivity contribution < 1.29 is 29.0 Å². The van der Waals surface area contributed by atoms with E-state index < -0.39 is 28.2 Å². The number of benzene rings is 1. The highest BCUT2D eigenvalue weighted by atomic mass is 16.6. The average Bonchev–Trinajstić information content (AvgIpc) is 3.07. The molecular formula is C17H15N5O7. The number of ether oxygens (including phenoxy) is 3. The molecule has 1 aromatic heterocycles. The van der Waals surface area contributed by atoms with Gasteiger partial charge in [0.15, 0.2) is 5.75 Å². The molecule has 2 aromatic rings. The molecule has 1 aliphatic heterocycles. The van der Waals surface area contributed by atoms with Gasteiger partial charge in [0.05, 0.1) is 42.7 Å². The third-order valence-electron chi connectivity index (χ3n) is 4.37. The highest BCUT2D eigenvalue weighted by molar-refractivity contribution is 5.73. The smallest absolute Gasteiger partial charge is 0.315 e. The van der Waals surface area contributed by atoms with Gasteiger partial charge in [-0.2, -0.15) is 5.26 Å². The number of allylic oxidation sites excluding steroid dienone is 1. The second-order valence-electron chi connectivity index (χ2n) is 5.95. The van der Waals surface area contributed by atoms with E-state index in [1.807, 2.05) is 6.07 Å². The summed E-state index contributed by atoms with van der Waals surface area (Å²) < 4.78 is 14.9. The first kappa shape index (κ1) is 19.5. The number of aromatic hydroxyl groups is 1. The average molecular weight is 401 g/mol. The van der Waals surface area contributed by atoms with Crippen LogP contribution in [-0.4, -0.2) is 40.4 Å². The minimum absolute atomic E-state index is 0.00311. The molecule has 0 radical (unpaired) electrons. The summed E-state index contributed by atoms with van der Waals surface area (Å²) in [4.78, 5) is 22.5. The van der Waals surface area contributed by atoms with E-state index in [4.69, 9.17) is 15.2 Å². The summed E-state index contributed by atoms with van der Waals surface area (Å²) >= 11 is 0. The number of nitrogens with zero attached hydrogens (tertiary/aromatic N) is 3. The number of hydrogen-bond donors (Lipinski definition) is 3. The number of nitrogens with one attached hydrogen (secondary N) is 1. The van der Waals surface area contributed by atoms with E-state index in [2.05, 4.69) is 14.9 Å². The van der Waals surface area contributed by atoms with Crippen molar-refractivity contribution in [2.45, 2.75) is 12.3 Å². The Kier molecular flexibility index (Phi) is 4.97. The number of fused-ring (bicyclic) bond motifs is 1. The molecule has 2 heterocycles. The van der Waals surface area contributed by atoms with Crippen molar-refractivity contribution in [2.24, 2.45) is 5.73 Å². The Morgan fingerprint density at radius 3 is 2.83 bits per heavy atom. The van der Waals surface area contributed by atoms with Crippen LogP contribution in [0.1, 0.15) is 22.7 Å². The lowest BCUT2D eigenvalue weighted by atomic mass is 9.83. The zero-order chi connectivity index (χ0) is 21.3. The number of nitriles is 1. The van der Waals surface area contributed by atoms with E-state index in [1.165, 1.54) is 20.3 Å². The van der Waals surface area contributed by atoms with Crippen molar-refractivity contribution in [1.29, 1.82) is 5.26 Å². The molecule has 1 atom stereocenters. The van der Waals surface area contributed by atoms with Crippen molar-refractivity contribution in [3.05, 3.63) is 50.5 Å². The van der Waals surface area contributed by atoms with Crippen molar-refractivity contribution in [3.63, 3.8) is 0 Å². The number of rotatable bonds is 5. The number of aromatic nitrogens is 2. The van der Waals surface area contributed by atoms with Crippen LogP contribution in [0.5, 0.6) is 17.4 Å². The van der Waals surface area contributed by atoms with E-state index in [0.717, 1.165) is 6.07 Å². The van der Waals surface area contributed by atoms with Crippen LogP contribution in [-0.2, 0) is 16.0 Å². The molecule has 4 N–H and O–H groups in total.